The smallest absolute Gasteiger partial charge is 0.228 e. The zero-order valence-corrected chi connectivity index (χ0v) is 13.4. The van der Waals surface area contributed by atoms with E-state index in [1.54, 1.807) is 16.2 Å². The molecule has 0 aliphatic carbocycles. The number of nitrogens with one attached hydrogen (secondary N) is 2. The van der Waals surface area contributed by atoms with Crippen LogP contribution in [0.5, 0.6) is 0 Å². The van der Waals surface area contributed by atoms with Gasteiger partial charge in [-0.2, -0.15) is 0 Å². The summed E-state index contributed by atoms with van der Waals surface area (Å²) in [4.78, 5) is 20.2. The van der Waals surface area contributed by atoms with E-state index in [1.165, 1.54) is 13.1 Å². The minimum atomic E-state index is 0.0750. The average Bonchev–Trinajstić information content (AvgIpc) is 3.12. The molecule has 3 heterocycles. The molecule has 0 saturated carbocycles. The van der Waals surface area contributed by atoms with E-state index in [2.05, 4.69) is 28.7 Å². The summed E-state index contributed by atoms with van der Waals surface area (Å²) >= 11 is 1.71. The Kier molecular flexibility index (Phi) is 3.35. The monoisotopic (exact) mass is 315 g/mol. The lowest BCUT2D eigenvalue weighted by molar-refractivity contribution is -0.880. The van der Waals surface area contributed by atoms with Crippen molar-refractivity contribution in [1.82, 2.24) is 4.98 Å². The van der Waals surface area contributed by atoms with Crippen molar-refractivity contribution in [3.05, 3.63) is 29.1 Å². The fourth-order valence-corrected chi connectivity index (χ4v) is 3.90. The van der Waals surface area contributed by atoms with Crippen molar-refractivity contribution in [2.24, 2.45) is 0 Å². The number of anilines is 2. The molecule has 0 bridgehead atoms. The topological polar surface area (TPSA) is 49.7 Å². The fourth-order valence-electron chi connectivity index (χ4n) is 3.01. The Morgan fingerprint density at radius 1 is 1.32 bits per heavy atom. The van der Waals surface area contributed by atoms with Gasteiger partial charge < -0.3 is 15.1 Å². The minimum Gasteiger partial charge on any atom is -0.337 e. The van der Waals surface area contributed by atoms with Crippen molar-refractivity contribution >= 4 is 28.1 Å². The molecule has 2 aliphatic heterocycles. The van der Waals surface area contributed by atoms with E-state index in [-0.39, 0.29) is 5.91 Å². The highest BCUT2D eigenvalue weighted by Crippen LogP contribution is 2.31. The van der Waals surface area contributed by atoms with Gasteiger partial charge in [-0.1, -0.05) is 6.07 Å². The molecule has 0 atom stereocenters. The largest absolute Gasteiger partial charge is 0.337 e. The van der Waals surface area contributed by atoms with Gasteiger partial charge in [0.2, 0.25) is 5.91 Å². The molecule has 22 heavy (non-hydrogen) atoms. The van der Waals surface area contributed by atoms with E-state index in [0.717, 1.165) is 40.7 Å². The van der Waals surface area contributed by atoms with Crippen LogP contribution in [-0.2, 0) is 11.2 Å². The van der Waals surface area contributed by atoms with Crippen molar-refractivity contribution in [3.63, 3.8) is 0 Å². The molecule has 0 spiro atoms. The molecular weight excluding hydrogens is 296 g/mol. The zero-order valence-electron chi connectivity index (χ0n) is 12.6. The first-order chi connectivity index (χ1) is 10.7. The van der Waals surface area contributed by atoms with Gasteiger partial charge in [-0.15, -0.1) is 11.3 Å². The van der Waals surface area contributed by atoms with E-state index >= 15 is 0 Å². The molecule has 2 aliphatic rings. The third-order valence-electron chi connectivity index (χ3n) is 4.41. The maximum Gasteiger partial charge on any atom is 0.228 e. The minimum absolute atomic E-state index is 0.0750. The normalized spacial score (nSPS) is 18.4. The number of thiazole rings is 1. The third kappa shape index (κ3) is 2.48. The summed E-state index contributed by atoms with van der Waals surface area (Å²) < 4.78 is 0. The van der Waals surface area contributed by atoms with Crippen LogP contribution in [0, 0.1) is 0 Å². The van der Waals surface area contributed by atoms with E-state index in [0.29, 0.717) is 6.42 Å². The molecule has 0 radical (unpaired) electrons. The predicted octanol–water partition coefficient (Wildman–Crippen LogP) is 0.639. The Morgan fingerprint density at radius 3 is 2.95 bits per heavy atom. The van der Waals surface area contributed by atoms with Crippen LogP contribution in [-0.4, -0.2) is 44.1 Å². The van der Waals surface area contributed by atoms with Gasteiger partial charge in [0.25, 0.3) is 0 Å². The van der Waals surface area contributed by atoms with Gasteiger partial charge in [0.05, 0.1) is 45.3 Å². The van der Waals surface area contributed by atoms with Crippen LogP contribution < -0.4 is 15.1 Å². The van der Waals surface area contributed by atoms with Crippen LogP contribution in [0.1, 0.15) is 5.56 Å². The lowest BCUT2D eigenvalue weighted by atomic mass is 10.1. The Morgan fingerprint density at radius 2 is 2.14 bits per heavy atom. The maximum atomic E-state index is 11.5. The number of hydrogen-bond donors (Lipinski definition) is 2. The molecule has 114 valence electrons. The summed E-state index contributed by atoms with van der Waals surface area (Å²) in [5.41, 5.74) is 4.11. The quantitative estimate of drug-likeness (QED) is 0.855. The van der Waals surface area contributed by atoms with Gasteiger partial charge in [0.15, 0.2) is 5.13 Å². The van der Waals surface area contributed by atoms with Crippen molar-refractivity contribution in [3.8, 4) is 11.3 Å². The molecular formula is C16H19N4OS+. The number of fused-ring (bicyclic) bond motifs is 1. The second kappa shape index (κ2) is 5.37. The van der Waals surface area contributed by atoms with Crippen molar-refractivity contribution < 1.29 is 9.69 Å². The Hall–Kier alpha value is -1.92. The number of likely N-dealkylation sites (N-methyl/N-ethyl adjacent to an activating group) is 1. The Bertz CT molecular complexity index is 719. The number of piperazine rings is 1. The Labute approximate surface area is 133 Å². The molecule has 1 saturated heterocycles. The fraction of sp³-hybridized carbons (Fsp3) is 0.375. The van der Waals surface area contributed by atoms with Gasteiger partial charge >= 0.3 is 0 Å². The van der Waals surface area contributed by atoms with Gasteiger partial charge in [-0.05, 0) is 17.7 Å². The van der Waals surface area contributed by atoms with E-state index in [9.17, 15) is 4.79 Å². The highest BCUT2D eigenvalue weighted by molar-refractivity contribution is 7.14. The van der Waals surface area contributed by atoms with E-state index in [1.807, 2.05) is 12.1 Å². The molecule has 1 fully saturated rings. The van der Waals surface area contributed by atoms with Crippen molar-refractivity contribution in [1.29, 1.82) is 0 Å². The van der Waals surface area contributed by atoms with Gasteiger partial charge in [0, 0.05) is 16.6 Å². The predicted molar refractivity (Wildman–Crippen MR) is 88.7 cm³/mol. The number of benzene rings is 1. The number of hydrogen-bond acceptors (Lipinski definition) is 4. The number of amides is 1. The van der Waals surface area contributed by atoms with Crippen molar-refractivity contribution in [2.45, 2.75) is 6.42 Å². The SMILES string of the molecule is C[NH+]1CCN(c2nc(-c3ccc4c(c3)CC(=O)N4)cs2)CC1. The standard InChI is InChI=1S/C16H18N4OS/c1-19-4-6-20(7-5-19)16-18-14(10-22-16)11-2-3-13-12(8-11)9-15(21)17-13/h2-3,8,10H,4-7,9H2,1H3,(H,17,21)/p+1. The lowest BCUT2D eigenvalue weighted by Crippen LogP contribution is -3.12. The van der Waals surface area contributed by atoms with Crippen LogP contribution in [0.3, 0.4) is 0 Å². The van der Waals surface area contributed by atoms with E-state index in [4.69, 9.17) is 4.98 Å². The number of carbonyl (C=O) groups excluding carboxylic acids is 1. The Balaban J connectivity index is 1.57. The van der Waals surface area contributed by atoms with E-state index < -0.39 is 0 Å². The first-order valence-corrected chi connectivity index (χ1v) is 8.52. The molecule has 4 rings (SSSR count). The zero-order chi connectivity index (χ0) is 15.1. The number of carbonyl (C=O) groups is 1. The summed E-state index contributed by atoms with van der Waals surface area (Å²) in [6.45, 7) is 4.48. The first kappa shape index (κ1) is 13.7. The molecule has 1 aromatic heterocycles. The van der Waals surface area contributed by atoms with Crippen molar-refractivity contribution in [2.75, 3.05) is 43.4 Å². The summed E-state index contributed by atoms with van der Waals surface area (Å²) in [7, 11) is 2.24. The molecule has 6 heteroatoms. The molecule has 5 nitrogen and oxygen atoms in total. The van der Waals surface area contributed by atoms with Crippen LogP contribution in [0.2, 0.25) is 0 Å². The number of nitrogens with zero attached hydrogens (tertiary/aromatic N) is 2. The molecule has 1 aromatic carbocycles. The summed E-state index contributed by atoms with van der Waals surface area (Å²) in [6.07, 6.45) is 0.474. The number of quaternary nitrogens is 1. The molecule has 1 amide bonds. The molecule has 2 N–H and O–H groups in total. The summed E-state index contributed by atoms with van der Waals surface area (Å²) in [6, 6.07) is 6.10. The van der Waals surface area contributed by atoms with Gasteiger partial charge in [0.1, 0.15) is 0 Å². The molecule has 2 aromatic rings. The lowest BCUT2D eigenvalue weighted by Gasteiger charge is -2.29. The average molecular weight is 315 g/mol. The third-order valence-corrected chi connectivity index (χ3v) is 5.31. The maximum absolute atomic E-state index is 11.5. The van der Waals surface area contributed by atoms with Gasteiger partial charge in [-0.3, -0.25) is 4.79 Å². The number of aromatic nitrogens is 1. The first-order valence-electron chi connectivity index (χ1n) is 7.64. The summed E-state index contributed by atoms with van der Waals surface area (Å²) in [5.74, 6) is 0.0750. The highest BCUT2D eigenvalue weighted by atomic mass is 32.1. The van der Waals surface area contributed by atoms with Crippen LogP contribution >= 0.6 is 11.3 Å². The summed E-state index contributed by atoms with van der Waals surface area (Å²) in [5, 5.41) is 6.10. The number of rotatable bonds is 2. The second-order valence-electron chi connectivity index (χ2n) is 6.06. The highest BCUT2D eigenvalue weighted by Gasteiger charge is 2.21. The second-order valence-corrected chi connectivity index (χ2v) is 6.89. The van der Waals surface area contributed by atoms with Crippen LogP contribution in [0.4, 0.5) is 10.8 Å². The van der Waals surface area contributed by atoms with Crippen LogP contribution in [0.15, 0.2) is 23.6 Å². The van der Waals surface area contributed by atoms with Crippen LogP contribution in [0.25, 0.3) is 11.3 Å². The molecule has 0 unspecified atom stereocenters. The van der Waals surface area contributed by atoms with Gasteiger partial charge in [-0.25, -0.2) is 4.98 Å².